The number of aromatic nitrogens is 1. The molecule has 3 rings (SSSR count). The van der Waals surface area contributed by atoms with E-state index < -0.39 is 5.91 Å². The molecule has 0 unspecified atom stereocenters. The third kappa shape index (κ3) is 4.84. The van der Waals surface area contributed by atoms with Crippen molar-refractivity contribution in [3.05, 3.63) is 53.3 Å². The van der Waals surface area contributed by atoms with E-state index in [0.29, 0.717) is 10.8 Å². The highest BCUT2D eigenvalue weighted by Gasteiger charge is 2.17. The topological polar surface area (TPSA) is 71.7 Å². The second-order valence-corrected chi connectivity index (χ2v) is 6.40. The summed E-state index contributed by atoms with van der Waals surface area (Å²) < 4.78 is 5.27. The van der Waals surface area contributed by atoms with Crippen LogP contribution >= 0.6 is 11.6 Å². The number of benzene rings is 1. The van der Waals surface area contributed by atoms with Gasteiger partial charge in [-0.1, -0.05) is 17.7 Å². The van der Waals surface area contributed by atoms with Crippen molar-refractivity contribution < 1.29 is 9.53 Å². The van der Waals surface area contributed by atoms with Crippen LogP contribution < -0.4 is 15.4 Å². The van der Waals surface area contributed by atoms with Gasteiger partial charge in [-0.25, -0.2) is 0 Å². The van der Waals surface area contributed by atoms with Gasteiger partial charge in [0.1, 0.15) is 5.75 Å². The summed E-state index contributed by atoms with van der Waals surface area (Å²) >= 11 is 6.22. The highest BCUT2D eigenvalue weighted by molar-refractivity contribution is 6.32. The molecule has 1 saturated heterocycles. The van der Waals surface area contributed by atoms with Gasteiger partial charge >= 0.3 is 0 Å². The number of primary amides is 1. The number of anilines is 1. The van der Waals surface area contributed by atoms with Crippen molar-refractivity contribution in [2.24, 2.45) is 5.73 Å². The summed E-state index contributed by atoms with van der Waals surface area (Å²) in [4.78, 5) is 19.6. The number of carbonyl (C=O) groups is 1. The van der Waals surface area contributed by atoms with Crippen LogP contribution in [0.1, 0.15) is 5.56 Å². The van der Waals surface area contributed by atoms with Crippen molar-refractivity contribution in [2.45, 2.75) is 6.54 Å². The molecule has 25 heavy (non-hydrogen) atoms. The monoisotopic (exact) mass is 360 g/mol. The minimum absolute atomic E-state index is 0.171. The number of nitrogens with two attached hydrogens (primary N) is 1. The molecular weight excluding hydrogens is 340 g/mol. The Morgan fingerprint density at radius 2 is 1.88 bits per heavy atom. The van der Waals surface area contributed by atoms with E-state index >= 15 is 0 Å². The zero-order valence-corrected chi connectivity index (χ0v) is 14.7. The Kier molecular flexibility index (Phi) is 5.73. The van der Waals surface area contributed by atoms with Gasteiger partial charge in [-0.2, -0.15) is 0 Å². The summed E-state index contributed by atoms with van der Waals surface area (Å²) in [5.74, 6) is -0.0427. The first-order valence-corrected chi connectivity index (χ1v) is 8.56. The molecule has 1 fully saturated rings. The van der Waals surface area contributed by atoms with Crippen LogP contribution in [0.2, 0.25) is 5.02 Å². The molecule has 0 spiro atoms. The van der Waals surface area contributed by atoms with Gasteiger partial charge in [0, 0.05) is 50.8 Å². The molecule has 2 heterocycles. The zero-order chi connectivity index (χ0) is 17.6. The van der Waals surface area contributed by atoms with E-state index in [-0.39, 0.29) is 6.61 Å². The van der Waals surface area contributed by atoms with Crippen LogP contribution in [-0.2, 0) is 11.3 Å². The largest absolute Gasteiger partial charge is 0.482 e. The highest BCUT2D eigenvalue weighted by Crippen LogP contribution is 2.26. The maximum Gasteiger partial charge on any atom is 0.255 e. The molecule has 0 aliphatic carbocycles. The third-order valence-electron chi connectivity index (χ3n) is 4.17. The first kappa shape index (κ1) is 17.5. The summed E-state index contributed by atoms with van der Waals surface area (Å²) in [6, 6.07) is 9.72. The van der Waals surface area contributed by atoms with Gasteiger partial charge in [0.2, 0.25) is 0 Å². The lowest BCUT2D eigenvalue weighted by atomic mass is 10.2. The number of ether oxygens (including phenoxy) is 1. The number of nitrogens with zero attached hydrogens (tertiary/aromatic N) is 3. The SMILES string of the molecule is NC(=O)COc1ccc(CN2CCN(c3ccncc3)CC2)cc1Cl. The van der Waals surface area contributed by atoms with Crippen molar-refractivity contribution >= 4 is 23.2 Å². The van der Waals surface area contributed by atoms with Crippen LogP contribution in [0.4, 0.5) is 5.69 Å². The Balaban J connectivity index is 1.53. The molecule has 2 aromatic rings. The summed E-state index contributed by atoms with van der Waals surface area (Å²) in [5, 5.41) is 0.495. The molecule has 1 aliphatic rings. The van der Waals surface area contributed by atoms with Gasteiger partial charge in [0.25, 0.3) is 5.91 Å². The smallest absolute Gasteiger partial charge is 0.255 e. The molecule has 0 atom stereocenters. The Hall–Kier alpha value is -2.31. The minimum atomic E-state index is -0.521. The fourth-order valence-corrected chi connectivity index (χ4v) is 3.14. The number of rotatable bonds is 6. The lowest BCUT2D eigenvalue weighted by Crippen LogP contribution is -2.45. The maximum absolute atomic E-state index is 10.8. The predicted molar refractivity (Wildman–Crippen MR) is 97.9 cm³/mol. The molecule has 0 radical (unpaired) electrons. The van der Waals surface area contributed by atoms with E-state index in [0.717, 1.165) is 38.3 Å². The Morgan fingerprint density at radius 1 is 1.16 bits per heavy atom. The summed E-state index contributed by atoms with van der Waals surface area (Å²) in [5.41, 5.74) is 7.41. The van der Waals surface area contributed by atoms with Crippen LogP contribution in [0, 0.1) is 0 Å². The molecule has 1 amide bonds. The molecule has 1 aromatic heterocycles. The van der Waals surface area contributed by atoms with E-state index in [2.05, 4.69) is 14.8 Å². The van der Waals surface area contributed by atoms with Gasteiger partial charge in [0.05, 0.1) is 5.02 Å². The van der Waals surface area contributed by atoms with Crippen molar-refractivity contribution in [3.63, 3.8) is 0 Å². The second-order valence-electron chi connectivity index (χ2n) is 5.99. The predicted octanol–water partition coefficient (Wildman–Crippen LogP) is 1.92. The number of piperazine rings is 1. The van der Waals surface area contributed by atoms with Crippen LogP contribution in [0.3, 0.4) is 0 Å². The number of hydrogen-bond donors (Lipinski definition) is 1. The molecule has 1 aromatic carbocycles. The van der Waals surface area contributed by atoms with Gasteiger partial charge < -0.3 is 15.4 Å². The van der Waals surface area contributed by atoms with Crippen LogP contribution in [-0.4, -0.2) is 48.6 Å². The quantitative estimate of drug-likeness (QED) is 0.852. The molecule has 7 heteroatoms. The molecule has 0 bridgehead atoms. The lowest BCUT2D eigenvalue weighted by Gasteiger charge is -2.36. The summed E-state index contributed by atoms with van der Waals surface area (Å²) in [6.07, 6.45) is 3.65. The standard InChI is InChI=1S/C18H21ClN4O2/c19-16-11-14(1-2-17(16)25-13-18(20)24)12-22-7-9-23(10-8-22)15-3-5-21-6-4-15/h1-6,11H,7-10,12-13H2,(H2,20,24). The van der Waals surface area contributed by atoms with Crippen LogP contribution in [0.5, 0.6) is 5.75 Å². The third-order valence-corrected chi connectivity index (χ3v) is 4.47. The number of amides is 1. The number of halogens is 1. The normalized spacial score (nSPS) is 15.2. The molecule has 6 nitrogen and oxygen atoms in total. The van der Waals surface area contributed by atoms with Crippen LogP contribution in [0.25, 0.3) is 0 Å². The zero-order valence-electron chi connectivity index (χ0n) is 13.9. The van der Waals surface area contributed by atoms with Crippen LogP contribution in [0.15, 0.2) is 42.7 Å². The molecule has 2 N–H and O–H groups in total. The fraction of sp³-hybridized carbons (Fsp3) is 0.333. The number of pyridine rings is 1. The number of hydrogen-bond acceptors (Lipinski definition) is 5. The molecular formula is C18H21ClN4O2. The molecule has 0 saturated carbocycles. The highest BCUT2D eigenvalue weighted by atomic mass is 35.5. The van der Waals surface area contributed by atoms with Gasteiger partial charge in [-0.15, -0.1) is 0 Å². The first-order valence-electron chi connectivity index (χ1n) is 8.18. The fourth-order valence-electron chi connectivity index (χ4n) is 2.89. The Labute approximate surface area is 152 Å². The van der Waals surface area contributed by atoms with E-state index in [1.165, 1.54) is 5.69 Å². The van der Waals surface area contributed by atoms with E-state index in [1.807, 2.05) is 36.7 Å². The molecule has 1 aliphatic heterocycles. The van der Waals surface area contributed by atoms with Crippen molar-refractivity contribution in [3.8, 4) is 5.75 Å². The first-order chi connectivity index (χ1) is 12.1. The maximum atomic E-state index is 10.8. The van der Waals surface area contributed by atoms with Gasteiger partial charge in [-0.3, -0.25) is 14.7 Å². The average molecular weight is 361 g/mol. The molecule has 132 valence electrons. The number of carbonyl (C=O) groups excluding carboxylic acids is 1. The van der Waals surface area contributed by atoms with Gasteiger partial charge in [-0.05, 0) is 29.8 Å². The lowest BCUT2D eigenvalue weighted by molar-refractivity contribution is -0.119. The summed E-state index contributed by atoms with van der Waals surface area (Å²) in [7, 11) is 0. The average Bonchev–Trinajstić information content (AvgIpc) is 2.62. The van der Waals surface area contributed by atoms with Crippen molar-refractivity contribution in [1.82, 2.24) is 9.88 Å². The van der Waals surface area contributed by atoms with Crippen molar-refractivity contribution in [2.75, 3.05) is 37.7 Å². The van der Waals surface area contributed by atoms with E-state index in [1.54, 1.807) is 6.07 Å². The Bertz CT molecular complexity index is 718. The Morgan fingerprint density at radius 3 is 2.52 bits per heavy atom. The van der Waals surface area contributed by atoms with Crippen molar-refractivity contribution in [1.29, 1.82) is 0 Å². The summed E-state index contributed by atoms with van der Waals surface area (Å²) in [6.45, 7) is 4.60. The second kappa shape index (κ2) is 8.18. The van der Waals surface area contributed by atoms with E-state index in [4.69, 9.17) is 22.1 Å². The minimum Gasteiger partial charge on any atom is -0.482 e. The van der Waals surface area contributed by atoms with Gasteiger partial charge in [0.15, 0.2) is 6.61 Å². The van der Waals surface area contributed by atoms with E-state index in [9.17, 15) is 4.79 Å².